The summed E-state index contributed by atoms with van der Waals surface area (Å²) in [5.74, 6) is -0.911. The molecule has 16 heavy (non-hydrogen) atoms. The van der Waals surface area contributed by atoms with Crippen molar-refractivity contribution in [3.63, 3.8) is 0 Å². The Labute approximate surface area is 94.4 Å². The van der Waals surface area contributed by atoms with Gasteiger partial charge in [-0.1, -0.05) is 6.42 Å². The zero-order valence-electron chi connectivity index (χ0n) is 9.22. The summed E-state index contributed by atoms with van der Waals surface area (Å²) >= 11 is 0. The van der Waals surface area contributed by atoms with Crippen molar-refractivity contribution in [2.24, 2.45) is 11.8 Å². The lowest BCUT2D eigenvalue weighted by Gasteiger charge is -2.29. The normalized spacial score (nSPS) is 30.2. The molecule has 2 fully saturated rings. The summed E-state index contributed by atoms with van der Waals surface area (Å²) in [7, 11) is 0. The van der Waals surface area contributed by atoms with E-state index in [2.05, 4.69) is 0 Å². The SMILES string of the molecule is O=C(O)C1CCCC1CN1CCCOC1=O. The Morgan fingerprint density at radius 1 is 1.44 bits per heavy atom. The molecular weight excluding hydrogens is 210 g/mol. The number of carboxylic acids is 1. The first-order valence-electron chi connectivity index (χ1n) is 5.83. The molecule has 1 heterocycles. The van der Waals surface area contributed by atoms with E-state index >= 15 is 0 Å². The number of carbonyl (C=O) groups is 2. The standard InChI is InChI=1S/C11H17NO4/c13-10(14)9-4-1-3-8(9)7-12-5-2-6-16-11(12)15/h8-9H,1-7H2,(H,13,14). The van der Waals surface area contributed by atoms with Gasteiger partial charge in [-0.2, -0.15) is 0 Å². The van der Waals surface area contributed by atoms with Crippen molar-refractivity contribution < 1.29 is 19.4 Å². The maximum Gasteiger partial charge on any atom is 0.409 e. The molecule has 0 spiro atoms. The second kappa shape index (κ2) is 4.72. The molecule has 1 saturated heterocycles. The van der Waals surface area contributed by atoms with Crippen LogP contribution in [0.15, 0.2) is 0 Å². The molecule has 5 heteroatoms. The van der Waals surface area contributed by atoms with Gasteiger partial charge in [-0.3, -0.25) is 4.79 Å². The molecule has 2 aliphatic rings. The number of ether oxygens (including phenoxy) is 1. The van der Waals surface area contributed by atoms with E-state index in [0.717, 1.165) is 25.7 Å². The van der Waals surface area contributed by atoms with Gasteiger partial charge in [0, 0.05) is 13.1 Å². The third kappa shape index (κ3) is 2.28. The molecule has 0 aromatic rings. The van der Waals surface area contributed by atoms with Crippen molar-refractivity contribution in [2.75, 3.05) is 19.7 Å². The second-order valence-corrected chi connectivity index (χ2v) is 4.55. The van der Waals surface area contributed by atoms with Crippen LogP contribution in [0.4, 0.5) is 4.79 Å². The summed E-state index contributed by atoms with van der Waals surface area (Å²) < 4.78 is 4.94. The Bertz CT molecular complexity index is 292. The topological polar surface area (TPSA) is 66.8 Å². The highest BCUT2D eigenvalue weighted by atomic mass is 16.6. The van der Waals surface area contributed by atoms with Crippen LogP contribution >= 0.6 is 0 Å². The van der Waals surface area contributed by atoms with E-state index in [0.29, 0.717) is 19.7 Å². The molecule has 0 radical (unpaired) electrons. The first kappa shape index (κ1) is 11.2. The van der Waals surface area contributed by atoms with Crippen LogP contribution in [0.25, 0.3) is 0 Å². The maximum absolute atomic E-state index is 11.4. The van der Waals surface area contributed by atoms with Crippen molar-refractivity contribution in [3.05, 3.63) is 0 Å². The zero-order chi connectivity index (χ0) is 11.5. The van der Waals surface area contributed by atoms with Crippen LogP contribution in [0.2, 0.25) is 0 Å². The first-order chi connectivity index (χ1) is 7.68. The van der Waals surface area contributed by atoms with Gasteiger partial charge < -0.3 is 14.7 Å². The molecule has 90 valence electrons. The average Bonchev–Trinajstić information content (AvgIpc) is 2.69. The molecule has 1 N–H and O–H groups in total. The molecule has 1 amide bonds. The van der Waals surface area contributed by atoms with Crippen molar-refractivity contribution in [2.45, 2.75) is 25.7 Å². The number of aliphatic carboxylic acids is 1. The van der Waals surface area contributed by atoms with Gasteiger partial charge in [-0.15, -0.1) is 0 Å². The Morgan fingerprint density at radius 3 is 2.94 bits per heavy atom. The van der Waals surface area contributed by atoms with Gasteiger partial charge in [0.05, 0.1) is 12.5 Å². The lowest BCUT2D eigenvalue weighted by molar-refractivity contribution is -0.143. The van der Waals surface area contributed by atoms with Crippen LogP contribution in [0.1, 0.15) is 25.7 Å². The fourth-order valence-corrected chi connectivity index (χ4v) is 2.63. The van der Waals surface area contributed by atoms with Crippen molar-refractivity contribution in [1.82, 2.24) is 4.90 Å². The van der Waals surface area contributed by atoms with Crippen LogP contribution in [-0.2, 0) is 9.53 Å². The minimum Gasteiger partial charge on any atom is -0.481 e. The minimum absolute atomic E-state index is 0.100. The minimum atomic E-state index is -0.729. The number of hydrogen-bond donors (Lipinski definition) is 1. The Kier molecular flexibility index (Phi) is 3.31. The van der Waals surface area contributed by atoms with E-state index in [4.69, 9.17) is 9.84 Å². The van der Waals surface area contributed by atoms with E-state index < -0.39 is 5.97 Å². The summed E-state index contributed by atoms with van der Waals surface area (Å²) in [6.07, 6.45) is 3.15. The summed E-state index contributed by atoms with van der Waals surface area (Å²) in [4.78, 5) is 24.1. The largest absolute Gasteiger partial charge is 0.481 e. The van der Waals surface area contributed by atoms with Gasteiger partial charge in [0.25, 0.3) is 0 Å². The van der Waals surface area contributed by atoms with E-state index in [1.54, 1.807) is 4.90 Å². The molecule has 2 unspecified atom stereocenters. The van der Waals surface area contributed by atoms with E-state index in [9.17, 15) is 9.59 Å². The van der Waals surface area contributed by atoms with Crippen molar-refractivity contribution in [1.29, 1.82) is 0 Å². The third-order valence-electron chi connectivity index (χ3n) is 3.49. The number of carboxylic acid groups (broad SMARTS) is 1. The predicted octanol–water partition coefficient (Wildman–Crippen LogP) is 1.33. The number of amides is 1. The van der Waals surface area contributed by atoms with Crippen LogP contribution in [-0.4, -0.2) is 41.8 Å². The number of carbonyl (C=O) groups excluding carboxylic acids is 1. The van der Waals surface area contributed by atoms with Gasteiger partial charge in [0.15, 0.2) is 0 Å². The second-order valence-electron chi connectivity index (χ2n) is 4.55. The Balaban J connectivity index is 1.92. The molecule has 1 saturated carbocycles. The van der Waals surface area contributed by atoms with Crippen LogP contribution in [0.5, 0.6) is 0 Å². The smallest absolute Gasteiger partial charge is 0.409 e. The molecule has 2 atom stereocenters. The summed E-state index contributed by atoms with van der Waals surface area (Å²) in [6, 6.07) is 0. The highest BCUT2D eigenvalue weighted by Gasteiger charge is 2.35. The molecule has 1 aliphatic heterocycles. The van der Waals surface area contributed by atoms with Crippen LogP contribution in [0.3, 0.4) is 0 Å². The lowest BCUT2D eigenvalue weighted by Crippen LogP contribution is -2.42. The van der Waals surface area contributed by atoms with Gasteiger partial charge in [-0.05, 0) is 25.2 Å². The molecular formula is C11H17NO4. The summed E-state index contributed by atoms with van der Waals surface area (Å²) in [5.41, 5.74) is 0. The predicted molar refractivity (Wildman–Crippen MR) is 56.0 cm³/mol. The number of rotatable bonds is 3. The molecule has 0 bridgehead atoms. The third-order valence-corrected chi connectivity index (χ3v) is 3.49. The summed E-state index contributed by atoms with van der Waals surface area (Å²) in [6.45, 7) is 1.72. The molecule has 0 aromatic heterocycles. The number of cyclic esters (lactones) is 1. The highest BCUT2D eigenvalue weighted by molar-refractivity contribution is 5.71. The average molecular weight is 227 g/mol. The number of nitrogens with zero attached hydrogens (tertiary/aromatic N) is 1. The molecule has 5 nitrogen and oxygen atoms in total. The number of hydrogen-bond acceptors (Lipinski definition) is 3. The van der Waals surface area contributed by atoms with Crippen molar-refractivity contribution in [3.8, 4) is 0 Å². The van der Waals surface area contributed by atoms with Gasteiger partial charge in [0.1, 0.15) is 0 Å². The Morgan fingerprint density at radius 2 is 2.25 bits per heavy atom. The molecule has 2 rings (SSSR count). The van der Waals surface area contributed by atoms with E-state index in [1.165, 1.54) is 0 Å². The fraction of sp³-hybridized carbons (Fsp3) is 0.818. The van der Waals surface area contributed by atoms with E-state index in [1.807, 2.05) is 0 Å². The quantitative estimate of drug-likeness (QED) is 0.789. The van der Waals surface area contributed by atoms with E-state index in [-0.39, 0.29) is 17.9 Å². The maximum atomic E-state index is 11.4. The Hall–Kier alpha value is -1.26. The summed E-state index contributed by atoms with van der Waals surface area (Å²) in [5, 5.41) is 9.04. The van der Waals surface area contributed by atoms with Gasteiger partial charge in [-0.25, -0.2) is 4.79 Å². The zero-order valence-corrected chi connectivity index (χ0v) is 9.22. The monoisotopic (exact) mass is 227 g/mol. The first-order valence-corrected chi connectivity index (χ1v) is 5.83. The fourth-order valence-electron chi connectivity index (χ4n) is 2.63. The lowest BCUT2D eigenvalue weighted by atomic mass is 9.95. The van der Waals surface area contributed by atoms with Gasteiger partial charge in [0.2, 0.25) is 0 Å². The van der Waals surface area contributed by atoms with Crippen LogP contribution in [0, 0.1) is 11.8 Å². The van der Waals surface area contributed by atoms with Gasteiger partial charge >= 0.3 is 12.1 Å². The molecule has 0 aromatic carbocycles. The molecule has 1 aliphatic carbocycles. The van der Waals surface area contributed by atoms with Crippen molar-refractivity contribution >= 4 is 12.1 Å². The highest BCUT2D eigenvalue weighted by Crippen LogP contribution is 2.32. The van der Waals surface area contributed by atoms with Crippen LogP contribution < -0.4 is 0 Å².